The lowest BCUT2D eigenvalue weighted by atomic mass is 10.2. The number of carbonyl (C=O) groups is 1. The maximum absolute atomic E-state index is 12.1. The smallest absolute Gasteiger partial charge is 0.254 e. The highest BCUT2D eigenvalue weighted by Gasteiger charge is 2.30. The lowest BCUT2D eigenvalue weighted by Gasteiger charge is -2.10. The fourth-order valence-electron chi connectivity index (χ4n) is 2.90. The van der Waals surface area contributed by atoms with E-state index in [0.717, 1.165) is 29.4 Å². The molecule has 0 radical (unpaired) electrons. The van der Waals surface area contributed by atoms with Gasteiger partial charge in [0.2, 0.25) is 0 Å². The maximum atomic E-state index is 12.1. The zero-order valence-electron chi connectivity index (χ0n) is 15.5. The lowest BCUT2D eigenvalue weighted by molar-refractivity contribution is -0.131. The predicted molar refractivity (Wildman–Crippen MR) is 108 cm³/mol. The molecule has 1 fully saturated rings. The van der Waals surface area contributed by atoms with Crippen LogP contribution in [0.2, 0.25) is 0 Å². The molecular weight excluding hydrogens is 372 g/mol. The Morgan fingerprint density at radius 3 is 2.39 bits per heavy atom. The van der Waals surface area contributed by atoms with Gasteiger partial charge in [-0.15, -0.1) is 10.2 Å². The number of rotatable bonds is 9. The first-order valence-electron chi connectivity index (χ1n) is 9.34. The van der Waals surface area contributed by atoms with E-state index in [1.807, 2.05) is 48.5 Å². The minimum Gasteiger partial charge on any atom is -0.301 e. The van der Waals surface area contributed by atoms with Crippen molar-refractivity contribution in [2.24, 2.45) is 0 Å². The fraction of sp³-hybridized carbons (Fsp3) is 0.286. The number of aromatic nitrogens is 3. The number of nitrogens with one attached hydrogen (secondary N) is 1. The second-order valence-corrected chi connectivity index (χ2v) is 7.72. The van der Waals surface area contributed by atoms with Gasteiger partial charge in [-0.3, -0.25) is 9.63 Å². The summed E-state index contributed by atoms with van der Waals surface area (Å²) in [6.45, 7) is 1.06. The highest BCUT2D eigenvalue weighted by atomic mass is 32.2. The van der Waals surface area contributed by atoms with Crippen LogP contribution in [0.3, 0.4) is 0 Å². The molecule has 0 aliphatic heterocycles. The third kappa shape index (κ3) is 4.99. The van der Waals surface area contributed by atoms with Gasteiger partial charge < -0.3 is 4.57 Å². The minimum absolute atomic E-state index is 0.192. The molecule has 1 aliphatic rings. The monoisotopic (exact) mass is 394 g/mol. The first kappa shape index (κ1) is 18.7. The molecule has 28 heavy (non-hydrogen) atoms. The SMILES string of the molecule is O=C(CSc1nnc(C2CC2)n1Cc1ccccc1)NOCc1ccccc1. The summed E-state index contributed by atoms with van der Waals surface area (Å²) in [7, 11) is 0. The summed E-state index contributed by atoms with van der Waals surface area (Å²) in [6.07, 6.45) is 2.32. The van der Waals surface area contributed by atoms with Crippen LogP contribution in [0, 0.1) is 0 Å². The number of amides is 1. The van der Waals surface area contributed by atoms with Gasteiger partial charge in [0.1, 0.15) is 5.82 Å². The van der Waals surface area contributed by atoms with Crippen LogP contribution in [0.4, 0.5) is 0 Å². The Labute approximate surface area is 168 Å². The van der Waals surface area contributed by atoms with E-state index in [4.69, 9.17) is 4.84 Å². The Morgan fingerprint density at radius 2 is 1.71 bits per heavy atom. The van der Waals surface area contributed by atoms with Crippen molar-refractivity contribution < 1.29 is 9.63 Å². The average Bonchev–Trinajstić information content (AvgIpc) is 3.50. The fourth-order valence-corrected chi connectivity index (χ4v) is 3.63. The molecule has 0 unspecified atom stereocenters. The van der Waals surface area contributed by atoms with Gasteiger partial charge in [-0.25, -0.2) is 5.48 Å². The van der Waals surface area contributed by atoms with Crippen LogP contribution in [0.15, 0.2) is 65.8 Å². The Kier molecular flexibility index (Phi) is 6.04. The summed E-state index contributed by atoms with van der Waals surface area (Å²) >= 11 is 1.38. The van der Waals surface area contributed by atoms with Crippen LogP contribution in [-0.4, -0.2) is 26.4 Å². The largest absolute Gasteiger partial charge is 0.301 e. The van der Waals surface area contributed by atoms with Crippen molar-refractivity contribution in [1.29, 1.82) is 0 Å². The molecule has 0 bridgehead atoms. The van der Waals surface area contributed by atoms with Crippen molar-refractivity contribution in [3.63, 3.8) is 0 Å². The molecule has 0 saturated heterocycles. The molecule has 0 atom stereocenters. The molecule has 1 aliphatic carbocycles. The second kappa shape index (κ2) is 9.03. The number of hydrogen-bond donors (Lipinski definition) is 1. The molecule has 1 aromatic heterocycles. The van der Waals surface area contributed by atoms with E-state index in [0.29, 0.717) is 19.1 Å². The average molecular weight is 395 g/mol. The topological polar surface area (TPSA) is 69.0 Å². The molecule has 6 nitrogen and oxygen atoms in total. The molecule has 1 amide bonds. The van der Waals surface area contributed by atoms with E-state index in [1.165, 1.54) is 17.3 Å². The number of benzene rings is 2. The van der Waals surface area contributed by atoms with Crippen LogP contribution in [-0.2, 0) is 22.8 Å². The third-order valence-corrected chi connectivity index (χ3v) is 5.44. The first-order chi connectivity index (χ1) is 13.8. The third-order valence-electron chi connectivity index (χ3n) is 4.47. The lowest BCUT2D eigenvalue weighted by Crippen LogP contribution is -2.25. The van der Waals surface area contributed by atoms with Crippen LogP contribution in [0.5, 0.6) is 0 Å². The molecular formula is C21H22N4O2S. The zero-order valence-corrected chi connectivity index (χ0v) is 16.3. The van der Waals surface area contributed by atoms with Gasteiger partial charge in [0.15, 0.2) is 5.16 Å². The van der Waals surface area contributed by atoms with E-state index in [9.17, 15) is 4.79 Å². The highest BCUT2D eigenvalue weighted by Crippen LogP contribution is 2.40. The van der Waals surface area contributed by atoms with Crippen LogP contribution >= 0.6 is 11.8 Å². The summed E-state index contributed by atoms with van der Waals surface area (Å²) in [5, 5.41) is 9.48. The van der Waals surface area contributed by atoms with E-state index in [-0.39, 0.29) is 11.7 Å². The molecule has 4 rings (SSSR count). The van der Waals surface area contributed by atoms with Crippen LogP contribution < -0.4 is 5.48 Å². The molecule has 7 heteroatoms. The van der Waals surface area contributed by atoms with Gasteiger partial charge in [0.05, 0.1) is 18.9 Å². The Hall–Kier alpha value is -2.64. The Balaban J connectivity index is 1.33. The summed E-state index contributed by atoms with van der Waals surface area (Å²) in [5.74, 6) is 1.55. The minimum atomic E-state index is -0.192. The van der Waals surface area contributed by atoms with Gasteiger partial charge >= 0.3 is 0 Å². The first-order valence-corrected chi connectivity index (χ1v) is 10.3. The van der Waals surface area contributed by atoms with Crippen LogP contribution in [0.1, 0.15) is 35.7 Å². The van der Waals surface area contributed by atoms with Crippen LogP contribution in [0.25, 0.3) is 0 Å². The summed E-state index contributed by atoms with van der Waals surface area (Å²) in [4.78, 5) is 17.4. The normalized spacial score (nSPS) is 13.4. The van der Waals surface area contributed by atoms with Crippen molar-refractivity contribution >= 4 is 17.7 Å². The van der Waals surface area contributed by atoms with Gasteiger partial charge in [0, 0.05) is 5.92 Å². The van der Waals surface area contributed by atoms with Crippen molar-refractivity contribution in [1.82, 2.24) is 20.2 Å². The molecule has 1 N–H and O–H groups in total. The molecule has 1 saturated carbocycles. The van der Waals surface area contributed by atoms with Crippen molar-refractivity contribution in [3.8, 4) is 0 Å². The van der Waals surface area contributed by atoms with Gasteiger partial charge in [0.25, 0.3) is 5.91 Å². The highest BCUT2D eigenvalue weighted by molar-refractivity contribution is 7.99. The van der Waals surface area contributed by atoms with E-state index >= 15 is 0 Å². The Morgan fingerprint density at radius 1 is 1.04 bits per heavy atom. The molecule has 144 valence electrons. The van der Waals surface area contributed by atoms with E-state index < -0.39 is 0 Å². The summed E-state index contributed by atoms with van der Waals surface area (Å²) < 4.78 is 2.13. The molecule has 2 aromatic carbocycles. The van der Waals surface area contributed by atoms with Gasteiger partial charge in [-0.05, 0) is 24.0 Å². The standard InChI is InChI=1S/C21H22N4O2S/c26-19(24-27-14-17-9-5-2-6-10-17)15-28-21-23-22-20(18-11-12-18)25(21)13-16-7-3-1-4-8-16/h1-10,18H,11-15H2,(H,24,26). The summed E-state index contributed by atoms with van der Waals surface area (Å²) in [6, 6.07) is 20.0. The van der Waals surface area contributed by atoms with Crippen molar-refractivity contribution in [3.05, 3.63) is 77.6 Å². The van der Waals surface area contributed by atoms with E-state index in [1.54, 1.807) is 0 Å². The number of carbonyl (C=O) groups excluding carboxylic acids is 1. The summed E-state index contributed by atoms with van der Waals surface area (Å²) in [5.41, 5.74) is 4.70. The van der Waals surface area contributed by atoms with Gasteiger partial charge in [-0.2, -0.15) is 0 Å². The Bertz CT molecular complexity index is 911. The van der Waals surface area contributed by atoms with Crippen molar-refractivity contribution in [2.45, 2.75) is 37.1 Å². The number of hydroxylamine groups is 1. The molecule has 0 spiro atoms. The number of nitrogens with zero attached hydrogens (tertiary/aromatic N) is 3. The molecule has 3 aromatic rings. The van der Waals surface area contributed by atoms with Crippen molar-refractivity contribution in [2.75, 3.05) is 5.75 Å². The predicted octanol–water partition coefficient (Wildman–Crippen LogP) is 3.54. The van der Waals surface area contributed by atoms with Gasteiger partial charge in [-0.1, -0.05) is 72.4 Å². The van der Waals surface area contributed by atoms with E-state index in [2.05, 4.69) is 32.4 Å². The quantitative estimate of drug-likeness (QED) is 0.444. The zero-order chi connectivity index (χ0) is 19.2. The number of hydrogen-bond acceptors (Lipinski definition) is 5. The molecule has 1 heterocycles. The maximum Gasteiger partial charge on any atom is 0.254 e. The second-order valence-electron chi connectivity index (χ2n) is 6.77. The number of thioether (sulfide) groups is 1.